The number of hydrogen-bond acceptors (Lipinski definition) is 3. The lowest BCUT2D eigenvalue weighted by atomic mass is 10.1. The number of nitroso groups, excluding NO2 is 1. The summed E-state index contributed by atoms with van der Waals surface area (Å²) in [5, 5.41) is 0. The molecule has 0 N–H and O–H groups in total. The predicted octanol–water partition coefficient (Wildman–Crippen LogP) is 1.29. The van der Waals surface area contributed by atoms with Crippen LogP contribution in [-0.2, 0) is 11.8 Å². The van der Waals surface area contributed by atoms with E-state index in [0.717, 1.165) is 11.1 Å². The van der Waals surface area contributed by atoms with E-state index in [2.05, 4.69) is 0 Å². The second kappa shape index (κ2) is 4.40. The number of carbonyl (C=O) groups excluding carboxylic acids is 1. The molecule has 0 bridgehead atoms. The van der Waals surface area contributed by atoms with E-state index in [0.29, 0.717) is 23.1 Å². The maximum absolute atomic E-state index is 12.4. The first-order valence-corrected chi connectivity index (χ1v) is 6.67. The second-order valence-electron chi connectivity index (χ2n) is 5.25. The third-order valence-electron chi connectivity index (χ3n) is 3.99. The molecule has 1 aromatic carbocycles. The summed E-state index contributed by atoms with van der Waals surface area (Å²) < 4.78 is 3.48. The highest BCUT2D eigenvalue weighted by Gasteiger charge is 2.40. The molecule has 104 valence electrons. The van der Waals surface area contributed by atoms with Gasteiger partial charge < -0.3 is 0 Å². The summed E-state index contributed by atoms with van der Waals surface area (Å²) in [7, 11) is 1.69. The molecule has 1 aromatic heterocycles. The Morgan fingerprint density at radius 2 is 2.05 bits per heavy atom. The molecule has 1 fully saturated rings. The standard InChI is InChI=1S/C14H16N3O3/c1-9-5-3-6-10-12(9)15(2)14(19)17(10)11-7-4-8-16(20)13(11)18/h3,5-6,11H,4,7-8H2,1-2H3/q+1. The van der Waals surface area contributed by atoms with E-state index in [1.165, 1.54) is 4.57 Å². The summed E-state index contributed by atoms with van der Waals surface area (Å²) in [6.07, 6.45) is 1.15. The van der Waals surface area contributed by atoms with Gasteiger partial charge in [0.15, 0.2) is 6.04 Å². The highest BCUT2D eigenvalue weighted by atomic mass is 16.3. The molecule has 2 aromatic rings. The van der Waals surface area contributed by atoms with Gasteiger partial charge in [-0.25, -0.2) is 9.59 Å². The molecule has 1 saturated heterocycles. The highest BCUT2D eigenvalue weighted by molar-refractivity contribution is 5.82. The Hall–Kier alpha value is -2.24. The largest absolute Gasteiger partial charge is 0.455 e. The molecule has 1 unspecified atom stereocenters. The van der Waals surface area contributed by atoms with Crippen LogP contribution < -0.4 is 5.69 Å². The zero-order valence-corrected chi connectivity index (χ0v) is 11.5. The van der Waals surface area contributed by atoms with Gasteiger partial charge in [0.2, 0.25) is 6.54 Å². The minimum Gasteiger partial charge on any atom is -0.295 e. The van der Waals surface area contributed by atoms with Gasteiger partial charge in [-0.15, -0.1) is 0 Å². The summed E-state index contributed by atoms with van der Waals surface area (Å²) in [4.78, 5) is 36.0. The van der Waals surface area contributed by atoms with Crippen LogP contribution in [0.1, 0.15) is 24.4 Å². The number of hydrogen-bond donors (Lipinski definition) is 0. The Balaban J connectivity index is 2.29. The van der Waals surface area contributed by atoms with Crippen molar-refractivity contribution >= 4 is 16.9 Å². The number of rotatable bonds is 1. The van der Waals surface area contributed by atoms with Crippen molar-refractivity contribution < 1.29 is 9.55 Å². The zero-order valence-electron chi connectivity index (χ0n) is 11.5. The SMILES string of the molecule is Cc1cccc2c1n(C)c(=O)n2C1CCC[N+](=O)C1=O. The summed E-state index contributed by atoms with van der Waals surface area (Å²) in [6, 6.07) is 4.92. The first kappa shape index (κ1) is 12.8. The molecule has 1 atom stereocenters. The number of imidazole rings is 1. The number of aromatic nitrogens is 2. The van der Waals surface area contributed by atoms with E-state index in [1.807, 2.05) is 25.1 Å². The number of para-hydroxylation sites is 1. The minimum absolute atomic E-state index is 0.216. The fourth-order valence-corrected chi connectivity index (χ4v) is 3.00. The molecular weight excluding hydrogens is 258 g/mol. The number of piperidine rings is 1. The van der Waals surface area contributed by atoms with Gasteiger partial charge in [0.25, 0.3) is 0 Å². The number of benzene rings is 1. The van der Waals surface area contributed by atoms with E-state index in [9.17, 15) is 14.5 Å². The van der Waals surface area contributed by atoms with E-state index in [-0.39, 0.29) is 12.2 Å². The van der Waals surface area contributed by atoms with Gasteiger partial charge >= 0.3 is 11.6 Å². The van der Waals surface area contributed by atoms with Crippen molar-refractivity contribution in [3.05, 3.63) is 39.2 Å². The third-order valence-corrected chi connectivity index (χ3v) is 3.99. The molecule has 0 spiro atoms. The fraction of sp³-hybridized carbons (Fsp3) is 0.429. The first-order chi connectivity index (χ1) is 9.52. The van der Waals surface area contributed by atoms with Crippen LogP contribution in [0.5, 0.6) is 0 Å². The number of aryl methyl sites for hydroxylation is 2. The lowest BCUT2D eigenvalue weighted by Gasteiger charge is -2.15. The Kier molecular flexibility index (Phi) is 2.81. The van der Waals surface area contributed by atoms with Gasteiger partial charge in [-0.1, -0.05) is 12.1 Å². The Bertz CT molecular complexity index is 785. The Labute approximate surface area is 115 Å². The molecule has 1 amide bonds. The second-order valence-corrected chi connectivity index (χ2v) is 5.25. The number of amides is 1. The molecule has 3 rings (SSSR count). The fourth-order valence-electron chi connectivity index (χ4n) is 3.00. The van der Waals surface area contributed by atoms with Gasteiger partial charge in [0.1, 0.15) is 0 Å². The predicted molar refractivity (Wildman–Crippen MR) is 73.7 cm³/mol. The number of fused-ring (bicyclic) bond motifs is 1. The smallest absolute Gasteiger partial charge is 0.295 e. The Morgan fingerprint density at radius 1 is 1.30 bits per heavy atom. The van der Waals surface area contributed by atoms with Gasteiger partial charge in [-0.2, -0.15) is 0 Å². The summed E-state index contributed by atoms with van der Waals surface area (Å²) >= 11 is 0. The summed E-state index contributed by atoms with van der Waals surface area (Å²) in [5.74, 6) is -0.521. The van der Waals surface area contributed by atoms with Crippen molar-refractivity contribution in [3.63, 3.8) is 0 Å². The monoisotopic (exact) mass is 274 g/mol. The lowest BCUT2D eigenvalue weighted by Crippen LogP contribution is -2.38. The van der Waals surface area contributed by atoms with E-state index >= 15 is 0 Å². The van der Waals surface area contributed by atoms with Gasteiger partial charge in [0, 0.05) is 18.4 Å². The molecule has 6 nitrogen and oxygen atoms in total. The van der Waals surface area contributed by atoms with Crippen molar-refractivity contribution in [3.8, 4) is 0 Å². The average Bonchev–Trinajstić information content (AvgIpc) is 2.67. The maximum Gasteiger partial charge on any atom is 0.455 e. The van der Waals surface area contributed by atoms with Gasteiger partial charge in [-0.05, 0) is 25.0 Å². The van der Waals surface area contributed by atoms with Crippen LogP contribution in [0, 0.1) is 11.8 Å². The number of carbonyl (C=O) groups is 1. The molecule has 0 saturated carbocycles. The molecular formula is C14H16N3O3+. The first-order valence-electron chi connectivity index (χ1n) is 6.67. The van der Waals surface area contributed by atoms with E-state index < -0.39 is 11.9 Å². The van der Waals surface area contributed by atoms with Crippen LogP contribution >= 0.6 is 0 Å². The normalized spacial score (nSPS) is 19.8. The summed E-state index contributed by atoms with van der Waals surface area (Å²) in [6.45, 7) is 2.14. The molecule has 0 aliphatic carbocycles. The van der Waals surface area contributed by atoms with Gasteiger partial charge in [0.05, 0.1) is 15.8 Å². The third kappa shape index (κ3) is 1.64. The van der Waals surface area contributed by atoms with Crippen LogP contribution in [0.15, 0.2) is 23.0 Å². The van der Waals surface area contributed by atoms with Crippen LogP contribution in [0.2, 0.25) is 0 Å². The van der Waals surface area contributed by atoms with Crippen molar-refractivity contribution in [2.24, 2.45) is 7.05 Å². The molecule has 20 heavy (non-hydrogen) atoms. The van der Waals surface area contributed by atoms with Crippen LogP contribution in [-0.4, -0.2) is 26.3 Å². The minimum atomic E-state index is -0.681. The molecule has 0 radical (unpaired) electrons. The van der Waals surface area contributed by atoms with Crippen molar-refractivity contribution in [1.29, 1.82) is 0 Å². The van der Waals surface area contributed by atoms with E-state index in [1.54, 1.807) is 11.6 Å². The van der Waals surface area contributed by atoms with Crippen LogP contribution in [0.3, 0.4) is 0 Å². The maximum atomic E-state index is 12.4. The summed E-state index contributed by atoms with van der Waals surface area (Å²) in [5.41, 5.74) is 2.26. The quantitative estimate of drug-likeness (QED) is 0.736. The van der Waals surface area contributed by atoms with Crippen LogP contribution in [0.25, 0.3) is 11.0 Å². The number of nitrogens with zero attached hydrogens (tertiary/aromatic N) is 3. The van der Waals surface area contributed by atoms with Crippen molar-refractivity contribution in [1.82, 2.24) is 9.13 Å². The average molecular weight is 274 g/mol. The Morgan fingerprint density at radius 3 is 2.80 bits per heavy atom. The highest BCUT2D eigenvalue weighted by Crippen LogP contribution is 2.25. The molecule has 6 heteroatoms. The van der Waals surface area contributed by atoms with Gasteiger partial charge in [-0.3, -0.25) is 9.13 Å². The molecule has 1 aliphatic heterocycles. The topological polar surface area (TPSA) is 64.1 Å². The molecule has 2 heterocycles. The van der Waals surface area contributed by atoms with Crippen molar-refractivity contribution in [2.75, 3.05) is 6.54 Å². The lowest BCUT2D eigenvalue weighted by molar-refractivity contribution is -0.480. The molecule has 1 aliphatic rings. The van der Waals surface area contributed by atoms with Crippen molar-refractivity contribution in [2.45, 2.75) is 25.8 Å². The zero-order chi connectivity index (χ0) is 14.4. The van der Waals surface area contributed by atoms with Crippen LogP contribution in [0.4, 0.5) is 0 Å². The van der Waals surface area contributed by atoms with E-state index in [4.69, 9.17) is 0 Å².